The van der Waals surface area contributed by atoms with Crippen molar-refractivity contribution in [3.63, 3.8) is 0 Å². The summed E-state index contributed by atoms with van der Waals surface area (Å²) in [5.74, 6) is 0. The van der Waals surface area contributed by atoms with Crippen LogP contribution in [0.4, 0.5) is 0 Å². The topological polar surface area (TPSA) is 27.1 Å². The summed E-state index contributed by atoms with van der Waals surface area (Å²) in [4.78, 5) is 0. The molecule has 3 heteroatoms. The van der Waals surface area contributed by atoms with Crippen molar-refractivity contribution in [2.75, 3.05) is 13.2 Å². The third kappa shape index (κ3) is 1.25. The zero-order valence-electron chi connectivity index (χ0n) is 7.36. The fourth-order valence-corrected chi connectivity index (χ4v) is 1.67. The van der Waals surface area contributed by atoms with E-state index in [1.54, 1.807) is 0 Å². The van der Waals surface area contributed by atoms with Crippen LogP contribution in [0.2, 0.25) is 0 Å². The standard InChI is InChI=1S/C9H14N2O/c1-2-8-3-5-10-11(8)9-4-6-12-7-9/h3,5,9H,2,4,6-7H2,1H3. The third-order valence-corrected chi connectivity index (χ3v) is 2.37. The van der Waals surface area contributed by atoms with Crippen LogP contribution in [0, 0.1) is 0 Å². The molecule has 0 spiro atoms. The average Bonchev–Trinajstić information content (AvgIpc) is 2.74. The Morgan fingerprint density at radius 3 is 3.33 bits per heavy atom. The molecule has 0 bridgehead atoms. The van der Waals surface area contributed by atoms with Crippen molar-refractivity contribution in [1.82, 2.24) is 9.78 Å². The van der Waals surface area contributed by atoms with Crippen molar-refractivity contribution >= 4 is 0 Å². The molecule has 1 aromatic rings. The molecular weight excluding hydrogens is 152 g/mol. The molecule has 0 amide bonds. The Hall–Kier alpha value is -0.830. The summed E-state index contributed by atoms with van der Waals surface area (Å²) in [6.07, 6.45) is 4.03. The summed E-state index contributed by atoms with van der Waals surface area (Å²) in [5, 5.41) is 4.31. The van der Waals surface area contributed by atoms with Gasteiger partial charge in [0.2, 0.25) is 0 Å². The Morgan fingerprint density at radius 1 is 1.75 bits per heavy atom. The van der Waals surface area contributed by atoms with E-state index < -0.39 is 0 Å². The number of nitrogens with zero attached hydrogens (tertiary/aromatic N) is 2. The molecule has 12 heavy (non-hydrogen) atoms. The smallest absolute Gasteiger partial charge is 0.0777 e. The average molecular weight is 166 g/mol. The molecule has 0 aromatic carbocycles. The molecule has 1 aliphatic rings. The molecule has 1 aromatic heterocycles. The fourth-order valence-electron chi connectivity index (χ4n) is 1.67. The third-order valence-electron chi connectivity index (χ3n) is 2.37. The summed E-state index contributed by atoms with van der Waals surface area (Å²) in [5.41, 5.74) is 1.31. The second-order valence-corrected chi connectivity index (χ2v) is 3.14. The quantitative estimate of drug-likeness (QED) is 0.664. The molecule has 1 atom stereocenters. The second kappa shape index (κ2) is 3.27. The number of hydrogen-bond acceptors (Lipinski definition) is 2. The zero-order valence-corrected chi connectivity index (χ0v) is 7.36. The normalized spacial score (nSPS) is 23.2. The first kappa shape index (κ1) is 7.80. The largest absolute Gasteiger partial charge is 0.379 e. The number of aromatic nitrogens is 2. The van der Waals surface area contributed by atoms with Gasteiger partial charge in [-0.25, -0.2) is 0 Å². The first-order valence-electron chi connectivity index (χ1n) is 4.52. The van der Waals surface area contributed by atoms with E-state index in [1.807, 2.05) is 6.20 Å². The molecule has 0 saturated carbocycles. The van der Waals surface area contributed by atoms with E-state index in [0.717, 1.165) is 26.1 Å². The minimum absolute atomic E-state index is 0.481. The van der Waals surface area contributed by atoms with Crippen LogP contribution < -0.4 is 0 Å². The summed E-state index contributed by atoms with van der Waals surface area (Å²) in [6.45, 7) is 3.87. The van der Waals surface area contributed by atoms with E-state index in [0.29, 0.717) is 6.04 Å². The lowest BCUT2D eigenvalue weighted by Gasteiger charge is -2.11. The highest BCUT2D eigenvalue weighted by molar-refractivity contribution is 5.01. The lowest BCUT2D eigenvalue weighted by Crippen LogP contribution is -2.12. The van der Waals surface area contributed by atoms with Gasteiger partial charge in [-0.3, -0.25) is 4.68 Å². The van der Waals surface area contributed by atoms with Crippen LogP contribution in [-0.4, -0.2) is 23.0 Å². The zero-order chi connectivity index (χ0) is 8.39. The predicted octanol–water partition coefficient (Wildman–Crippen LogP) is 1.41. The highest BCUT2D eigenvalue weighted by Crippen LogP contribution is 2.19. The molecule has 1 aliphatic heterocycles. The van der Waals surface area contributed by atoms with Crippen LogP contribution in [0.15, 0.2) is 12.3 Å². The van der Waals surface area contributed by atoms with E-state index in [4.69, 9.17) is 4.74 Å². The van der Waals surface area contributed by atoms with Crippen LogP contribution >= 0.6 is 0 Å². The molecule has 0 aliphatic carbocycles. The van der Waals surface area contributed by atoms with Gasteiger partial charge >= 0.3 is 0 Å². The van der Waals surface area contributed by atoms with Gasteiger partial charge in [-0.1, -0.05) is 6.92 Å². The SMILES string of the molecule is CCc1ccnn1C1CCOC1. The van der Waals surface area contributed by atoms with Gasteiger partial charge in [0.1, 0.15) is 0 Å². The molecule has 3 nitrogen and oxygen atoms in total. The monoisotopic (exact) mass is 166 g/mol. The Labute approximate surface area is 72.3 Å². The van der Waals surface area contributed by atoms with Crippen LogP contribution in [0.25, 0.3) is 0 Å². The number of hydrogen-bond donors (Lipinski definition) is 0. The van der Waals surface area contributed by atoms with Crippen molar-refractivity contribution < 1.29 is 4.74 Å². The van der Waals surface area contributed by atoms with Crippen LogP contribution in [-0.2, 0) is 11.2 Å². The van der Waals surface area contributed by atoms with Gasteiger partial charge in [-0.2, -0.15) is 5.10 Å². The van der Waals surface area contributed by atoms with Crippen molar-refractivity contribution in [2.45, 2.75) is 25.8 Å². The Morgan fingerprint density at radius 2 is 2.67 bits per heavy atom. The van der Waals surface area contributed by atoms with E-state index >= 15 is 0 Å². The highest BCUT2D eigenvalue weighted by Gasteiger charge is 2.19. The van der Waals surface area contributed by atoms with Crippen LogP contribution in [0.1, 0.15) is 25.1 Å². The van der Waals surface area contributed by atoms with Crippen LogP contribution in [0.5, 0.6) is 0 Å². The van der Waals surface area contributed by atoms with Gasteiger partial charge in [0, 0.05) is 18.5 Å². The fraction of sp³-hybridized carbons (Fsp3) is 0.667. The number of ether oxygens (including phenoxy) is 1. The Bertz CT molecular complexity index is 251. The summed E-state index contributed by atoms with van der Waals surface area (Å²) >= 11 is 0. The first-order chi connectivity index (χ1) is 5.92. The molecule has 0 radical (unpaired) electrons. The summed E-state index contributed by atoms with van der Waals surface area (Å²) in [7, 11) is 0. The highest BCUT2D eigenvalue weighted by atomic mass is 16.5. The maximum absolute atomic E-state index is 5.32. The Kier molecular flexibility index (Phi) is 2.13. The van der Waals surface area contributed by atoms with Gasteiger partial charge in [-0.05, 0) is 18.9 Å². The summed E-state index contributed by atoms with van der Waals surface area (Å²) < 4.78 is 7.42. The molecule has 1 saturated heterocycles. The lowest BCUT2D eigenvalue weighted by atomic mass is 10.2. The Balaban J connectivity index is 2.19. The number of aryl methyl sites for hydroxylation is 1. The van der Waals surface area contributed by atoms with Gasteiger partial charge in [0.25, 0.3) is 0 Å². The molecule has 1 fully saturated rings. The van der Waals surface area contributed by atoms with Gasteiger partial charge in [-0.15, -0.1) is 0 Å². The van der Waals surface area contributed by atoms with Gasteiger partial charge in [0.15, 0.2) is 0 Å². The predicted molar refractivity (Wildman–Crippen MR) is 46.1 cm³/mol. The number of rotatable bonds is 2. The van der Waals surface area contributed by atoms with Gasteiger partial charge in [0.05, 0.1) is 12.6 Å². The van der Waals surface area contributed by atoms with Crippen molar-refractivity contribution in [3.05, 3.63) is 18.0 Å². The van der Waals surface area contributed by atoms with E-state index in [2.05, 4.69) is 22.8 Å². The maximum Gasteiger partial charge on any atom is 0.0777 e. The minimum Gasteiger partial charge on any atom is -0.379 e. The molecule has 2 heterocycles. The molecule has 66 valence electrons. The minimum atomic E-state index is 0.481. The van der Waals surface area contributed by atoms with E-state index in [1.165, 1.54) is 5.69 Å². The van der Waals surface area contributed by atoms with E-state index in [-0.39, 0.29) is 0 Å². The summed E-state index contributed by atoms with van der Waals surface area (Å²) in [6, 6.07) is 2.56. The molecular formula is C9H14N2O. The van der Waals surface area contributed by atoms with E-state index in [9.17, 15) is 0 Å². The first-order valence-corrected chi connectivity index (χ1v) is 4.52. The second-order valence-electron chi connectivity index (χ2n) is 3.14. The van der Waals surface area contributed by atoms with Crippen molar-refractivity contribution in [3.8, 4) is 0 Å². The van der Waals surface area contributed by atoms with Crippen LogP contribution in [0.3, 0.4) is 0 Å². The maximum atomic E-state index is 5.32. The lowest BCUT2D eigenvalue weighted by molar-refractivity contribution is 0.184. The molecule has 0 N–H and O–H groups in total. The van der Waals surface area contributed by atoms with Crippen molar-refractivity contribution in [2.24, 2.45) is 0 Å². The molecule has 1 unspecified atom stereocenters. The van der Waals surface area contributed by atoms with Gasteiger partial charge < -0.3 is 4.74 Å². The molecule has 2 rings (SSSR count). The van der Waals surface area contributed by atoms with Crippen molar-refractivity contribution in [1.29, 1.82) is 0 Å².